The van der Waals surface area contributed by atoms with E-state index in [1.807, 2.05) is 30.3 Å². The van der Waals surface area contributed by atoms with Crippen LogP contribution in [0.4, 0.5) is 5.69 Å². The number of nitrogens with one attached hydrogen (secondary N) is 1. The number of amides is 2. The standard InChI is InChI=1S/C28H26N2O6/c1-34-20-13-9-18(10-14-20)28(27(33)36-3)23-22(24(29-28)17-7-5-4-6-8-17)25(31)30(26(23)32)19-11-15-21(35-2)16-12-19/h4-16,22-24,29H,1-3H3. The normalized spacial score (nSPS) is 25.0. The third-order valence-electron chi connectivity index (χ3n) is 7.10. The Labute approximate surface area is 208 Å². The molecule has 0 aliphatic carbocycles. The quantitative estimate of drug-likeness (QED) is 0.422. The number of methoxy groups -OCH3 is 3. The molecule has 8 nitrogen and oxygen atoms in total. The summed E-state index contributed by atoms with van der Waals surface area (Å²) < 4.78 is 15.8. The van der Waals surface area contributed by atoms with E-state index in [-0.39, 0.29) is 5.91 Å². The van der Waals surface area contributed by atoms with Crippen LogP contribution in [0.25, 0.3) is 0 Å². The smallest absolute Gasteiger partial charge is 0.331 e. The lowest BCUT2D eigenvalue weighted by Crippen LogP contribution is -2.53. The number of rotatable bonds is 6. The fourth-order valence-electron chi connectivity index (χ4n) is 5.43. The lowest BCUT2D eigenvalue weighted by atomic mass is 9.75. The van der Waals surface area contributed by atoms with Crippen molar-refractivity contribution in [3.63, 3.8) is 0 Å². The first kappa shape index (κ1) is 23.6. The van der Waals surface area contributed by atoms with Gasteiger partial charge in [-0.25, -0.2) is 9.69 Å². The molecule has 4 unspecified atom stereocenters. The SMILES string of the molecule is COC(=O)C1(c2ccc(OC)cc2)NC(c2ccccc2)C2C(=O)N(c3ccc(OC)cc3)C(=O)C21. The van der Waals surface area contributed by atoms with Crippen LogP contribution >= 0.6 is 0 Å². The average Bonchev–Trinajstić information content (AvgIpc) is 3.43. The summed E-state index contributed by atoms with van der Waals surface area (Å²) >= 11 is 0. The number of benzene rings is 3. The summed E-state index contributed by atoms with van der Waals surface area (Å²) in [6.45, 7) is 0. The molecular formula is C28H26N2O6. The van der Waals surface area contributed by atoms with E-state index >= 15 is 0 Å². The van der Waals surface area contributed by atoms with Crippen LogP contribution in [0.5, 0.6) is 11.5 Å². The molecule has 2 aliphatic rings. The molecule has 0 spiro atoms. The summed E-state index contributed by atoms with van der Waals surface area (Å²) in [4.78, 5) is 42.7. The van der Waals surface area contributed by atoms with E-state index in [0.29, 0.717) is 22.7 Å². The van der Waals surface area contributed by atoms with E-state index in [1.54, 1.807) is 62.8 Å². The Hall–Kier alpha value is -4.17. The summed E-state index contributed by atoms with van der Waals surface area (Å²) in [5.41, 5.74) is 0.145. The monoisotopic (exact) mass is 486 g/mol. The molecule has 5 rings (SSSR count). The lowest BCUT2D eigenvalue weighted by molar-refractivity contribution is -0.152. The average molecular weight is 487 g/mol. The molecule has 4 atom stereocenters. The van der Waals surface area contributed by atoms with Crippen LogP contribution < -0.4 is 19.7 Å². The highest BCUT2D eigenvalue weighted by atomic mass is 16.5. The Kier molecular flexibility index (Phi) is 5.97. The molecule has 2 heterocycles. The summed E-state index contributed by atoms with van der Waals surface area (Å²) in [5, 5.41) is 3.37. The molecule has 2 saturated heterocycles. The lowest BCUT2D eigenvalue weighted by Gasteiger charge is -2.33. The maximum atomic E-state index is 14.1. The van der Waals surface area contributed by atoms with Crippen LogP contribution in [0.15, 0.2) is 78.9 Å². The minimum Gasteiger partial charge on any atom is -0.497 e. The van der Waals surface area contributed by atoms with Gasteiger partial charge >= 0.3 is 5.97 Å². The minimum absolute atomic E-state index is 0.379. The summed E-state index contributed by atoms with van der Waals surface area (Å²) in [5.74, 6) is -2.15. The number of fused-ring (bicyclic) bond motifs is 1. The Morgan fingerprint density at radius 2 is 1.39 bits per heavy atom. The number of carbonyl (C=O) groups is 3. The van der Waals surface area contributed by atoms with Crippen LogP contribution in [-0.2, 0) is 24.7 Å². The van der Waals surface area contributed by atoms with Crippen molar-refractivity contribution >= 4 is 23.5 Å². The zero-order chi connectivity index (χ0) is 25.4. The van der Waals surface area contributed by atoms with Crippen molar-refractivity contribution in [3.8, 4) is 11.5 Å². The topological polar surface area (TPSA) is 94.2 Å². The molecule has 184 valence electrons. The first-order valence-electron chi connectivity index (χ1n) is 11.5. The fraction of sp³-hybridized carbons (Fsp3) is 0.250. The molecule has 8 heteroatoms. The second-order valence-corrected chi connectivity index (χ2v) is 8.77. The Balaban J connectivity index is 1.69. The van der Waals surface area contributed by atoms with Gasteiger partial charge < -0.3 is 14.2 Å². The minimum atomic E-state index is -1.58. The van der Waals surface area contributed by atoms with Gasteiger partial charge in [-0.15, -0.1) is 0 Å². The van der Waals surface area contributed by atoms with Crippen molar-refractivity contribution in [1.29, 1.82) is 0 Å². The maximum absolute atomic E-state index is 14.1. The molecule has 0 radical (unpaired) electrons. The largest absolute Gasteiger partial charge is 0.497 e. The number of nitrogens with zero attached hydrogens (tertiary/aromatic N) is 1. The fourth-order valence-corrected chi connectivity index (χ4v) is 5.43. The zero-order valence-electron chi connectivity index (χ0n) is 20.1. The molecule has 2 aliphatic heterocycles. The van der Waals surface area contributed by atoms with Crippen LogP contribution in [0.2, 0.25) is 0 Å². The van der Waals surface area contributed by atoms with Crippen molar-refractivity contribution in [1.82, 2.24) is 5.32 Å². The Morgan fingerprint density at radius 3 is 1.94 bits per heavy atom. The molecule has 3 aromatic carbocycles. The third-order valence-corrected chi connectivity index (χ3v) is 7.10. The van der Waals surface area contributed by atoms with E-state index in [4.69, 9.17) is 14.2 Å². The van der Waals surface area contributed by atoms with Crippen LogP contribution in [-0.4, -0.2) is 39.1 Å². The predicted octanol–water partition coefficient (Wildman–Crippen LogP) is 3.22. The molecule has 0 saturated carbocycles. The van der Waals surface area contributed by atoms with Crippen molar-refractivity contribution in [2.24, 2.45) is 11.8 Å². The van der Waals surface area contributed by atoms with Crippen LogP contribution in [0.1, 0.15) is 17.2 Å². The van der Waals surface area contributed by atoms with Crippen molar-refractivity contribution < 1.29 is 28.6 Å². The van der Waals surface area contributed by atoms with Gasteiger partial charge in [-0.1, -0.05) is 42.5 Å². The molecule has 2 fully saturated rings. The zero-order valence-corrected chi connectivity index (χ0v) is 20.1. The summed E-state index contributed by atoms with van der Waals surface area (Å²) in [6, 6.07) is 22.3. The second kappa shape index (κ2) is 9.13. The number of anilines is 1. The van der Waals surface area contributed by atoms with Gasteiger partial charge in [0.15, 0.2) is 5.54 Å². The van der Waals surface area contributed by atoms with E-state index in [1.165, 1.54) is 12.0 Å². The predicted molar refractivity (Wildman–Crippen MR) is 131 cm³/mol. The summed E-state index contributed by atoms with van der Waals surface area (Å²) in [6.07, 6.45) is 0. The van der Waals surface area contributed by atoms with Gasteiger partial charge in [0.1, 0.15) is 11.5 Å². The van der Waals surface area contributed by atoms with Gasteiger partial charge in [0.2, 0.25) is 11.8 Å². The number of hydrogen-bond acceptors (Lipinski definition) is 7. The molecule has 1 N–H and O–H groups in total. The second-order valence-electron chi connectivity index (χ2n) is 8.77. The number of hydrogen-bond donors (Lipinski definition) is 1. The van der Waals surface area contributed by atoms with Crippen LogP contribution in [0.3, 0.4) is 0 Å². The van der Waals surface area contributed by atoms with E-state index in [0.717, 1.165) is 5.56 Å². The number of carbonyl (C=O) groups excluding carboxylic acids is 3. The first-order valence-corrected chi connectivity index (χ1v) is 11.5. The van der Waals surface area contributed by atoms with Gasteiger partial charge in [-0.3, -0.25) is 14.9 Å². The summed E-state index contributed by atoms with van der Waals surface area (Å²) in [7, 11) is 4.37. The number of esters is 1. The molecule has 3 aromatic rings. The van der Waals surface area contributed by atoms with Crippen LogP contribution in [0, 0.1) is 11.8 Å². The molecule has 0 aromatic heterocycles. The van der Waals surface area contributed by atoms with Gasteiger partial charge in [0.05, 0.1) is 38.9 Å². The Bertz CT molecular complexity index is 1290. The highest BCUT2D eigenvalue weighted by Crippen LogP contribution is 2.54. The molecule has 2 amide bonds. The molecule has 36 heavy (non-hydrogen) atoms. The third kappa shape index (κ3) is 3.45. The molecular weight excluding hydrogens is 460 g/mol. The highest BCUT2D eigenvalue weighted by molar-refractivity contribution is 6.24. The maximum Gasteiger partial charge on any atom is 0.331 e. The van der Waals surface area contributed by atoms with Gasteiger partial charge in [0, 0.05) is 6.04 Å². The molecule has 0 bridgehead atoms. The van der Waals surface area contributed by atoms with Gasteiger partial charge in [-0.05, 0) is 47.5 Å². The van der Waals surface area contributed by atoms with Crippen molar-refractivity contribution in [2.75, 3.05) is 26.2 Å². The van der Waals surface area contributed by atoms with E-state index < -0.39 is 35.3 Å². The number of ether oxygens (including phenoxy) is 3. The van der Waals surface area contributed by atoms with E-state index in [2.05, 4.69) is 5.32 Å². The Morgan fingerprint density at radius 1 is 0.806 bits per heavy atom. The van der Waals surface area contributed by atoms with E-state index in [9.17, 15) is 14.4 Å². The van der Waals surface area contributed by atoms with Gasteiger partial charge in [0.25, 0.3) is 0 Å². The van der Waals surface area contributed by atoms with Crippen molar-refractivity contribution in [3.05, 3.63) is 90.0 Å². The van der Waals surface area contributed by atoms with Crippen molar-refractivity contribution in [2.45, 2.75) is 11.6 Å². The number of imide groups is 1. The van der Waals surface area contributed by atoms with Gasteiger partial charge in [-0.2, -0.15) is 0 Å². The first-order chi connectivity index (χ1) is 17.5. The highest BCUT2D eigenvalue weighted by Gasteiger charge is 2.69.